The molecule has 44 heavy (non-hydrogen) atoms. The molecular formula is C31H32N4O9. The van der Waals surface area contributed by atoms with Crippen LogP contribution in [-0.2, 0) is 16.1 Å². The van der Waals surface area contributed by atoms with Gasteiger partial charge in [0, 0.05) is 28.7 Å². The van der Waals surface area contributed by atoms with Gasteiger partial charge in [-0.25, -0.2) is 10.2 Å². The third-order valence-electron chi connectivity index (χ3n) is 6.39. The monoisotopic (exact) mass is 604 g/mol. The first kappa shape index (κ1) is 31.3. The minimum absolute atomic E-state index is 0.00353. The number of hydrogen-bond donors (Lipinski definition) is 1. The molecule has 4 aromatic rings. The summed E-state index contributed by atoms with van der Waals surface area (Å²) >= 11 is 0. The van der Waals surface area contributed by atoms with Gasteiger partial charge >= 0.3 is 17.6 Å². The highest BCUT2D eigenvalue weighted by molar-refractivity contribution is 5.92. The molecule has 13 heteroatoms. The molecule has 0 saturated carbocycles. The van der Waals surface area contributed by atoms with Gasteiger partial charge in [0.25, 0.3) is 0 Å². The van der Waals surface area contributed by atoms with E-state index in [0.717, 1.165) is 17.1 Å². The first-order chi connectivity index (χ1) is 21.1. The Morgan fingerprint density at radius 3 is 2.41 bits per heavy atom. The lowest BCUT2D eigenvalue weighted by molar-refractivity contribution is -0.386. The third kappa shape index (κ3) is 7.43. The van der Waals surface area contributed by atoms with Gasteiger partial charge in [-0.15, -0.1) is 0 Å². The first-order valence-electron chi connectivity index (χ1n) is 13.6. The fourth-order valence-electron chi connectivity index (χ4n) is 4.31. The molecule has 1 amide bonds. The van der Waals surface area contributed by atoms with Crippen LogP contribution in [0.3, 0.4) is 0 Å². The van der Waals surface area contributed by atoms with Crippen molar-refractivity contribution in [3.63, 3.8) is 0 Å². The van der Waals surface area contributed by atoms with Gasteiger partial charge in [0.05, 0.1) is 24.9 Å². The zero-order valence-corrected chi connectivity index (χ0v) is 24.9. The number of nitrogens with zero attached hydrogens (tertiary/aromatic N) is 3. The molecule has 4 rings (SSSR count). The van der Waals surface area contributed by atoms with E-state index in [9.17, 15) is 19.7 Å². The van der Waals surface area contributed by atoms with Crippen molar-refractivity contribution < 1.29 is 37.9 Å². The summed E-state index contributed by atoms with van der Waals surface area (Å²) in [4.78, 5) is 35.5. The third-order valence-corrected chi connectivity index (χ3v) is 6.39. The fourth-order valence-corrected chi connectivity index (χ4v) is 4.31. The van der Waals surface area contributed by atoms with E-state index in [0.29, 0.717) is 11.5 Å². The molecule has 1 N–H and O–H groups in total. The summed E-state index contributed by atoms with van der Waals surface area (Å²) in [5.41, 5.74) is 5.39. The standard InChI is InChI=1S/C31H32N4O9/c1-6-41-28-16-22(15-26(35(38)39)29(28)43-21(4)31(37)40-5)17-32-33-30(36)27-14-13-25(44-27)18-42-24-11-9-23(10-12-24)34-19(2)7-8-20(34)3/h7-17,21H,6,18H2,1-5H3,(H,33,36)/b32-17+/t21-/m1/s1. The van der Waals surface area contributed by atoms with Gasteiger partial charge in [0.2, 0.25) is 5.75 Å². The second-order valence-corrected chi connectivity index (χ2v) is 9.54. The number of hydrogen-bond acceptors (Lipinski definition) is 10. The zero-order chi connectivity index (χ0) is 31.8. The van der Waals surface area contributed by atoms with Crippen LogP contribution in [0.2, 0.25) is 0 Å². The average molecular weight is 605 g/mol. The summed E-state index contributed by atoms with van der Waals surface area (Å²) in [5.74, 6) is -0.505. The molecule has 2 aromatic heterocycles. The molecule has 0 fully saturated rings. The molecule has 0 aliphatic heterocycles. The number of furan rings is 1. The van der Waals surface area contributed by atoms with Crippen molar-refractivity contribution in [3.8, 4) is 22.9 Å². The van der Waals surface area contributed by atoms with Crippen LogP contribution in [0.4, 0.5) is 5.69 Å². The van der Waals surface area contributed by atoms with Crippen molar-refractivity contribution in [3.05, 3.63) is 99.2 Å². The minimum atomic E-state index is -1.12. The van der Waals surface area contributed by atoms with Crippen LogP contribution in [0.1, 0.15) is 47.1 Å². The number of aromatic nitrogens is 1. The number of nitro groups is 1. The maximum Gasteiger partial charge on any atom is 0.346 e. The van der Waals surface area contributed by atoms with Crippen LogP contribution in [-0.4, -0.2) is 47.4 Å². The van der Waals surface area contributed by atoms with Crippen LogP contribution in [0.25, 0.3) is 5.69 Å². The van der Waals surface area contributed by atoms with Crippen molar-refractivity contribution >= 4 is 23.8 Å². The van der Waals surface area contributed by atoms with E-state index in [2.05, 4.69) is 32.0 Å². The molecule has 0 saturated heterocycles. The predicted molar refractivity (Wildman–Crippen MR) is 160 cm³/mol. The van der Waals surface area contributed by atoms with E-state index < -0.39 is 28.6 Å². The van der Waals surface area contributed by atoms with Crippen molar-refractivity contribution in [1.29, 1.82) is 0 Å². The Hall–Kier alpha value is -5.59. The Bertz CT molecular complexity index is 1650. The largest absolute Gasteiger partial charge is 0.490 e. The first-order valence-corrected chi connectivity index (χ1v) is 13.6. The fraction of sp³-hybridized carbons (Fsp3) is 0.258. The molecule has 230 valence electrons. The Kier molecular flexibility index (Phi) is 10.0. The van der Waals surface area contributed by atoms with Crippen molar-refractivity contribution in [1.82, 2.24) is 9.99 Å². The second-order valence-electron chi connectivity index (χ2n) is 9.54. The van der Waals surface area contributed by atoms with E-state index in [-0.39, 0.29) is 36.0 Å². The van der Waals surface area contributed by atoms with Gasteiger partial charge in [-0.3, -0.25) is 14.9 Å². The van der Waals surface area contributed by atoms with Crippen molar-refractivity contribution in [2.24, 2.45) is 5.10 Å². The highest BCUT2D eigenvalue weighted by Gasteiger charge is 2.27. The normalized spacial score (nSPS) is 11.7. The Balaban J connectivity index is 1.38. The SMILES string of the molecule is CCOc1cc(/C=N/NC(=O)c2ccc(COc3ccc(-n4c(C)ccc4C)cc3)o2)cc([N+](=O)[O-])c1O[C@H](C)C(=O)OC. The summed E-state index contributed by atoms with van der Waals surface area (Å²) in [7, 11) is 1.18. The minimum Gasteiger partial charge on any atom is -0.490 e. The molecular weight excluding hydrogens is 572 g/mol. The number of rotatable bonds is 13. The summed E-state index contributed by atoms with van der Waals surface area (Å²) in [5, 5.41) is 15.7. The number of amides is 1. The van der Waals surface area contributed by atoms with E-state index in [4.69, 9.17) is 18.6 Å². The lowest BCUT2D eigenvalue weighted by Crippen LogP contribution is -2.25. The van der Waals surface area contributed by atoms with Gasteiger partial charge in [0.15, 0.2) is 17.6 Å². The van der Waals surface area contributed by atoms with Crippen LogP contribution in [0.15, 0.2) is 70.2 Å². The number of esters is 1. The molecule has 0 aliphatic carbocycles. The molecule has 0 aliphatic rings. The van der Waals surface area contributed by atoms with Crippen LogP contribution in [0, 0.1) is 24.0 Å². The van der Waals surface area contributed by atoms with Gasteiger partial charge in [-0.1, -0.05) is 0 Å². The summed E-state index contributed by atoms with van der Waals surface area (Å²) in [6.07, 6.45) is 0.0819. The number of aryl methyl sites for hydroxylation is 2. The average Bonchev–Trinajstić information content (AvgIpc) is 3.62. The highest BCUT2D eigenvalue weighted by Crippen LogP contribution is 2.39. The van der Waals surface area contributed by atoms with E-state index in [1.807, 2.05) is 38.1 Å². The predicted octanol–water partition coefficient (Wildman–Crippen LogP) is 5.28. The number of carbonyl (C=O) groups excluding carboxylic acids is 2. The summed E-state index contributed by atoms with van der Waals surface area (Å²) in [6.45, 7) is 7.44. The van der Waals surface area contributed by atoms with Gasteiger partial charge in [-0.2, -0.15) is 5.10 Å². The van der Waals surface area contributed by atoms with E-state index in [1.54, 1.807) is 13.0 Å². The van der Waals surface area contributed by atoms with E-state index >= 15 is 0 Å². The lowest BCUT2D eigenvalue weighted by Gasteiger charge is -2.16. The van der Waals surface area contributed by atoms with E-state index in [1.165, 1.54) is 38.4 Å². The number of nitro benzene ring substituents is 1. The number of benzene rings is 2. The summed E-state index contributed by atoms with van der Waals surface area (Å²) < 4.78 is 29.2. The number of ether oxygens (including phenoxy) is 4. The zero-order valence-electron chi connectivity index (χ0n) is 24.9. The second kappa shape index (κ2) is 14.1. The number of hydrazone groups is 1. The highest BCUT2D eigenvalue weighted by atomic mass is 16.6. The molecule has 2 heterocycles. The van der Waals surface area contributed by atoms with Crippen molar-refractivity contribution in [2.45, 2.75) is 40.4 Å². The quantitative estimate of drug-likeness (QED) is 0.0928. The van der Waals surface area contributed by atoms with Gasteiger partial charge in [0.1, 0.15) is 18.1 Å². The van der Waals surface area contributed by atoms with Crippen LogP contribution in [0.5, 0.6) is 17.2 Å². The molecule has 0 radical (unpaired) electrons. The van der Waals surface area contributed by atoms with Crippen LogP contribution < -0.4 is 19.6 Å². The molecule has 0 spiro atoms. The topological polar surface area (TPSA) is 157 Å². The molecule has 13 nitrogen and oxygen atoms in total. The lowest BCUT2D eigenvalue weighted by atomic mass is 10.1. The number of carbonyl (C=O) groups is 2. The molecule has 1 atom stereocenters. The van der Waals surface area contributed by atoms with Gasteiger partial charge < -0.3 is 27.9 Å². The maximum atomic E-state index is 12.6. The molecule has 2 aromatic carbocycles. The van der Waals surface area contributed by atoms with Gasteiger partial charge in [-0.05, 0) is 82.3 Å². The number of methoxy groups -OCH3 is 1. The maximum absolute atomic E-state index is 12.6. The number of nitrogens with one attached hydrogen (secondary N) is 1. The molecule has 0 unspecified atom stereocenters. The smallest absolute Gasteiger partial charge is 0.346 e. The Morgan fingerprint density at radius 2 is 1.77 bits per heavy atom. The Labute approximate surface area is 253 Å². The van der Waals surface area contributed by atoms with Crippen LogP contribution >= 0.6 is 0 Å². The summed E-state index contributed by atoms with van der Waals surface area (Å²) in [6, 6.07) is 17.5. The molecule has 0 bridgehead atoms. The van der Waals surface area contributed by atoms with Crippen molar-refractivity contribution in [2.75, 3.05) is 13.7 Å². The Morgan fingerprint density at radius 1 is 1.07 bits per heavy atom.